The van der Waals surface area contributed by atoms with Gasteiger partial charge in [0.25, 0.3) is 23.3 Å². The first-order valence-corrected chi connectivity index (χ1v) is 14.6. The zero-order chi connectivity index (χ0) is 33.2. The monoisotopic (exact) mass is 668 g/mol. The minimum absolute atomic E-state index is 0.0726. The van der Waals surface area contributed by atoms with Gasteiger partial charge in [0.15, 0.2) is 46.5 Å². The Balaban J connectivity index is 1.43. The molecule has 0 saturated heterocycles. The van der Waals surface area contributed by atoms with Crippen molar-refractivity contribution in [1.82, 2.24) is 9.13 Å². The second kappa shape index (κ2) is 7.53. The molecule has 0 atom stereocenters. The molecule has 0 unspecified atom stereocenters. The van der Waals surface area contributed by atoms with Crippen LogP contribution in [0.25, 0.3) is 21.5 Å². The number of rotatable bonds is 0. The number of hydrogen-bond donors (Lipinski definition) is 0. The predicted octanol–water partition coefficient (Wildman–Crippen LogP) is 4.82. The van der Waals surface area contributed by atoms with E-state index in [-0.39, 0.29) is 22.6 Å². The normalized spacial score (nSPS) is 17.6. The molecule has 0 fully saturated rings. The molecule has 6 aliphatic rings. The number of aliphatic imine (C=N–C) groups is 2. The topological polar surface area (TPSA) is 65.3 Å². The zero-order valence-electron chi connectivity index (χ0n) is 23.7. The SMILES string of the molecule is Fc1c(F)c(F)c2c(c1F)C1=Nc3c4ccccc4c4n3C35n6c(c7ccccc7c6=NC6=[N+]3C(=N4)c3c(F)c(F)c(F)c(F)c36)=NC2=[N+]15. The molecule has 0 N–H and O–H groups in total. The third kappa shape index (κ3) is 2.33. The number of fused-ring (bicyclic) bond motifs is 12. The van der Waals surface area contributed by atoms with Gasteiger partial charge in [0, 0.05) is 21.5 Å². The van der Waals surface area contributed by atoms with E-state index in [1.165, 1.54) is 18.3 Å². The lowest BCUT2D eigenvalue weighted by molar-refractivity contribution is -0.790. The molecule has 6 aliphatic heterocycles. The smallest absolute Gasteiger partial charge is 0.203 e. The molecule has 8 heterocycles. The standard InChI is InChI=1S/C33H8F8N8/c34-17-13-14(18(35)22(39)21(17)38)31-44-27-11-7-3-4-8-12(11)28-45-32-16-15(19(36)23(40)24(41)20(16)37)30-43-26-10-6-2-1-5-9(10)25-42-29(13)48(31)33(46(25)26,47(27)28)49(30)32/h1-8H/q+2. The van der Waals surface area contributed by atoms with Crippen molar-refractivity contribution in [2.75, 3.05) is 0 Å². The largest absolute Gasteiger partial charge is 0.404 e. The van der Waals surface area contributed by atoms with Crippen molar-refractivity contribution in [2.24, 2.45) is 20.0 Å². The van der Waals surface area contributed by atoms with E-state index in [1.807, 2.05) is 0 Å². The lowest BCUT2D eigenvalue weighted by Gasteiger charge is -2.40. The lowest BCUT2D eigenvalue weighted by atomic mass is 10.1. The van der Waals surface area contributed by atoms with Crippen LogP contribution in [0.2, 0.25) is 0 Å². The van der Waals surface area contributed by atoms with Crippen molar-refractivity contribution in [3.8, 4) is 0 Å². The van der Waals surface area contributed by atoms with Gasteiger partial charge in [-0.05, 0) is 24.3 Å². The maximum atomic E-state index is 16.0. The van der Waals surface area contributed by atoms with Crippen LogP contribution in [0.15, 0.2) is 68.5 Å². The lowest BCUT2D eigenvalue weighted by Crippen LogP contribution is -2.71. The summed E-state index contributed by atoms with van der Waals surface area (Å²) in [4.78, 5) is 18.8. The van der Waals surface area contributed by atoms with Crippen molar-refractivity contribution < 1.29 is 44.3 Å². The average Bonchev–Trinajstić information content (AvgIpc) is 3.83. The number of benzene rings is 4. The van der Waals surface area contributed by atoms with E-state index in [1.54, 1.807) is 48.5 Å². The minimum Gasteiger partial charge on any atom is -0.203 e. The molecule has 0 saturated carbocycles. The van der Waals surface area contributed by atoms with Crippen LogP contribution < -0.4 is 11.0 Å². The first-order chi connectivity index (χ1) is 23.7. The number of aromatic nitrogens is 2. The second-order valence-corrected chi connectivity index (χ2v) is 12.1. The molecular formula is C33H8F8N8+2. The van der Waals surface area contributed by atoms with Gasteiger partial charge in [-0.3, -0.25) is 0 Å². The van der Waals surface area contributed by atoms with Crippen molar-refractivity contribution in [3.05, 3.63) is 128 Å². The Kier molecular flexibility index (Phi) is 3.96. The average molecular weight is 668 g/mol. The summed E-state index contributed by atoms with van der Waals surface area (Å²) in [6, 6.07) is 13.3. The van der Waals surface area contributed by atoms with Gasteiger partial charge < -0.3 is 0 Å². The Morgan fingerprint density at radius 3 is 1.20 bits per heavy atom. The Bertz CT molecular complexity index is 2890. The van der Waals surface area contributed by atoms with Crippen LogP contribution in [0.3, 0.4) is 0 Å². The van der Waals surface area contributed by atoms with Crippen molar-refractivity contribution >= 4 is 56.5 Å². The highest BCUT2D eigenvalue weighted by Crippen LogP contribution is 2.53. The van der Waals surface area contributed by atoms with E-state index in [4.69, 9.17) is 0 Å². The highest BCUT2D eigenvalue weighted by Gasteiger charge is 2.71. The van der Waals surface area contributed by atoms with Gasteiger partial charge in [0.2, 0.25) is 22.6 Å². The van der Waals surface area contributed by atoms with Gasteiger partial charge >= 0.3 is 5.91 Å². The Labute approximate surface area is 264 Å². The molecule has 0 amide bonds. The molecule has 49 heavy (non-hydrogen) atoms. The molecule has 6 aromatic rings. The molecule has 2 aromatic heterocycles. The van der Waals surface area contributed by atoms with Crippen LogP contribution >= 0.6 is 0 Å². The van der Waals surface area contributed by atoms with E-state index in [0.29, 0.717) is 21.5 Å². The first kappa shape index (κ1) is 25.7. The van der Waals surface area contributed by atoms with Gasteiger partial charge in [0.05, 0.1) is 0 Å². The summed E-state index contributed by atoms with van der Waals surface area (Å²) in [5.41, 5.74) is -2.86. The fourth-order valence-electron chi connectivity index (χ4n) is 8.18. The van der Waals surface area contributed by atoms with Crippen molar-refractivity contribution in [2.45, 2.75) is 5.91 Å². The third-order valence-electron chi connectivity index (χ3n) is 9.99. The van der Waals surface area contributed by atoms with E-state index in [0.717, 1.165) is 0 Å². The number of halogens is 8. The van der Waals surface area contributed by atoms with Crippen molar-refractivity contribution in [1.29, 1.82) is 0 Å². The number of hydrogen-bond acceptors (Lipinski definition) is 4. The molecule has 12 rings (SSSR count). The highest BCUT2D eigenvalue weighted by atomic mass is 19.2. The Hall–Kier alpha value is -6.32. The molecule has 0 bridgehead atoms. The fourth-order valence-corrected chi connectivity index (χ4v) is 8.18. The summed E-state index contributed by atoms with van der Waals surface area (Å²) < 4.78 is 129. The zero-order valence-corrected chi connectivity index (χ0v) is 23.7. The maximum absolute atomic E-state index is 16.0. The fraction of sp³-hybridized carbons (Fsp3) is 0.0303. The van der Waals surface area contributed by atoms with Gasteiger partial charge in [-0.25, -0.2) is 35.1 Å². The first-order valence-electron chi connectivity index (χ1n) is 14.6. The number of nitrogens with zero attached hydrogens (tertiary/aromatic N) is 8. The molecule has 4 aromatic carbocycles. The van der Waals surface area contributed by atoms with E-state index in [9.17, 15) is 0 Å². The van der Waals surface area contributed by atoms with E-state index < -0.39 is 98.0 Å². The predicted molar refractivity (Wildman–Crippen MR) is 153 cm³/mol. The maximum Gasteiger partial charge on any atom is 0.404 e. The van der Waals surface area contributed by atoms with Gasteiger partial charge in [-0.15, -0.1) is 9.15 Å². The Morgan fingerprint density at radius 2 is 0.796 bits per heavy atom. The van der Waals surface area contributed by atoms with Crippen LogP contribution in [0.5, 0.6) is 0 Å². The summed E-state index contributed by atoms with van der Waals surface area (Å²) in [7, 11) is 0. The molecule has 234 valence electrons. The van der Waals surface area contributed by atoms with Gasteiger partial charge in [-0.1, -0.05) is 44.2 Å². The van der Waals surface area contributed by atoms with Crippen LogP contribution in [0, 0.1) is 46.5 Å². The van der Waals surface area contributed by atoms with E-state index in [2.05, 4.69) is 20.0 Å². The summed E-state index contributed by atoms with van der Waals surface area (Å²) >= 11 is 0. The summed E-state index contributed by atoms with van der Waals surface area (Å²) in [5, 5.41) is 1.64. The number of amidine groups is 4. The highest BCUT2D eigenvalue weighted by molar-refractivity contribution is 6.20. The van der Waals surface area contributed by atoms with Crippen LogP contribution in [0.4, 0.5) is 46.8 Å². The van der Waals surface area contributed by atoms with Gasteiger partial charge in [0.1, 0.15) is 22.3 Å². The minimum atomic E-state index is -2.13. The summed E-state index contributed by atoms with van der Waals surface area (Å²) in [5.74, 6) is -19.0. The second-order valence-electron chi connectivity index (χ2n) is 12.1. The summed E-state index contributed by atoms with van der Waals surface area (Å²) in [6.45, 7) is 0. The quantitative estimate of drug-likeness (QED) is 0.0966. The van der Waals surface area contributed by atoms with Gasteiger partial charge in [-0.2, -0.15) is 9.13 Å². The van der Waals surface area contributed by atoms with Crippen LogP contribution in [0.1, 0.15) is 22.3 Å². The Morgan fingerprint density at radius 1 is 0.429 bits per heavy atom. The molecule has 0 radical (unpaired) electrons. The molecule has 8 nitrogen and oxygen atoms in total. The summed E-state index contributed by atoms with van der Waals surface area (Å²) in [6.07, 6.45) is 0. The van der Waals surface area contributed by atoms with Crippen LogP contribution in [-0.2, 0) is 5.91 Å². The van der Waals surface area contributed by atoms with Crippen LogP contribution in [-0.4, -0.2) is 41.6 Å². The van der Waals surface area contributed by atoms with E-state index >= 15 is 35.1 Å². The molecule has 16 heteroatoms. The molecule has 0 aliphatic carbocycles. The third-order valence-corrected chi connectivity index (χ3v) is 9.99. The molecular weight excluding hydrogens is 660 g/mol. The molecule has 1 spiro atoms. The van der Waals surface area contributed by atoms with Crippen molar-refractivity contribution in [3.63, 3.8) is 0 Å².